The summed E-state index contributed by atoms with van der Waals surface area (Å²) in [7, 11) is 0. The first-order valence-electron chi connectivity index (χ1n) is 8.80. The maximum absolute atomic E-state index is 10.1. The molecule has 3 rings (SSSR count). The highest BCUT2D eigenvalue weighted by atomic mass is 16.7. The van der Waals surface area contributed by atoms with Crippen LogP contribution in [0.4, 0.5) is 0 Å². The average molecular weight is 406 g/mol. The summed E-state index contributed by atoms with van der Waals surface area (Å²) >= 11 is 0. The number of benzene rings is 2. The lowest BCUT2D eigenvalue weighted by Gasteiger charge is -2.39. The standard InChI is InChI=1S/C20H22O9/c21-9-16-17(25)18(26)19(27)20(29-16)28-15-6-4-12(22)8-11(15)3-1-10-2-5-13(23)14(24)7-10/h1-8,16-27H,9H2/b3-1+/t16-,17-,18+,19-,20-/m1/s1. The van der Waals surface area contributed by atoms with Gasteiger partial charge in [-0.3, -0.25) is 0 Å². The minimum atomic E-state index is -1.58. The van der Waals surface area contributed by atoms with E-state index in [-0.39, 0.29) is 23.0 Å². The Kier molecular flexibility index (Phi) is 6.26. The van der Waals surface area contributed by atoms with E-state index in [4.69, 9.17) is 9.47 Å². The average Bonchev–Trinajstić information content (AvgIpc) is 2.70. The topological polar surface area (TPSA) is 160 Å². The Morgan fingerprint density at radius 3 is 2.31 bits per heavy atom. The van der Waals surface area contributed by atoms with Crippen LogP contribution in [0.5, 0.6) is 23.0 Å². The fourth-order valence-electron chi connectivity index (χ4n) is 2.89. The van der Waals surface area contributed by atoms with Crippen molar-refractivity contribution in [3.8, 4) is 23.0 Å². The highest BCUT2D eigenvalue weighted by Crippen LogP contribution is 2.31. The molecule has 5 atom stereocenters. The molecule has 1 fully saturated rings. The molecule has 1 saturated heterocycles. The van der Waals surface area contributed by atoms with Gasteiger partial charge in [0, 0.05) is 5.56 Å². The molecule has 0 bridgehead atoms. The molecular formula is C20H22O9. The summed E-state index contributed by atoms with van der Waals surface area (Å²) in [4.78, 5) is 0. The molecule has 0 saturated carbocycles. The van der Waals surface area contributed by atoms with Gasteiger partial charge in [0.2, 0.25) is 6.29 Å². The third kappa shape index (κ3) is 4.61. The maximum atomic E-state index is 10.1. The molecule has 29 heavy (non-hydrogen) atoms. The van der Waals surface area contributed by atoms with Crippen LogP contribution in [0.3, 0.4) is 0 Å². The first-order chi connectivity index (χ1) is 13.8. The normalized spacial score (nSPS) is 27.2. The van der Waals surface area contributed by atoms with E-state index in [1.165, 1.54) is 30.3 Å². The first-order valence-corrected chi connectivity index (χ1v) is 8.80. The number of aliphatic hydroxyl groups is 4. The number of hydrogen-bond donors (Lipinski definition) is 7. The predicted molar refractivity (Wildman–Crippen MR) is 101 cm³/mol. The SMILES string of the molecule is OC[C@H]1O[C@@H](Oc2ccc(O)cc2/C=C/c2ccc(O)c(O)c2)[C@H](O)[C@@H](O)[C@@H]1O. The van der Waals surface area contributed by atoms with Crippen molar-refractivity contribution in [2.75, 3.05) is 6.61 Å². The van der Waals surface area contributed by atoms with E-state index in [9.17, 15) is 35.7 Å². The zero-order chi connectivity index (χ0) is 21.1. The fourth-order valence-corrected chi connectivity index (χ4v) is 2.89. The molecule has 0 unspecified atom stereocenters. The molecule has 0 aromatic heterocycles. The predicted octanol–water partition coefficient (Wildman–Crippen LogP) is 0.152. The summed E-state index contributed by atoms with van der Waals surface area (Å²) in [6.45, 7) is -0.586. The summed E-state index contributed by atoms with van der Waals surface area (Å²) in [6, 6.07) is 8.38. The lowest BCUT2D eigenvalue weighted by molar-refractivity contribution is -0.277. The van der Waals surface area contributed by atoms with E-state index >= 15 is 0 Å². The van der Waals surface area contributed by atoms with Gasteiger partial charge in [0.25, 0.3) is 0 Å². The smallest absolute Gasteiger partial charge is 0.229 e. The van der Waals surface area contributed by atoms with Crippen LogP contribution in [0.2, 0.25) is 0 Å². The van der Waals surface area contributed by atoms with E-state index in [1.807, 2.05) is 0 Å². The van der Waals surface area contributed by atoms with Crippen LogP contribution in [-0.4, -0.2) is 73.1 Å². The molecular weight excluding hydrogens is 384 g/mol. The second-order valence-corrected chi connectivity index (χ2v) is 6.62. The molecule has 0 amide bonds. The zero-order valence-electron chi connectivity index (χ0n) is 15.2. The van der Waals surface area contributed by atoms with Crippen molar-refractivity contribution in [3.63, 3.8) is 0 Å². The largest absolute Gasteiger partial charge is 0.508 e. The highest BCUT2D eigenvalue weighted by molar-refractivity contribution is 5.74. The van der Waals surface area contributed by atoms with Gasteiger partial charge in [-0.1, -0.05) is 18.2 Å². The third-order valence-corrected chi connectivity index (χ3v) is 4.54. The summed E-state index contributed by atoms with van der Waals surface area (Å²) in [5, 5.41) is 67.9. The molecule has 1 aliphatic heterocycles. The minimum absolute atomic E-state index is 0.0562. The van der Waals surface area contributed by atoms with Gasteiger partial charge in [0.15, 0.2) is 11.5 Å². The number of phenolic OH excluding ortho intramolecular Hbond substituents is 3. The quantitative estimate of drug-likeness (QED) is 0.271. The van der Waals surface area contributed by atoms with Gasteiger partial charge in [-0.2, -0.15) is 0 Å². The molecule has 1 aliphatic rings. The first kappa shape index (κ1) is 20.9. The Morgan fingerprint density at radius 1 is 0.862 bits per heavy atom. The van der Waals surface area contributed by atoms with E-state index in [1.54, 1.807) is 18.2 Å². The summed E-state index contributed by atoms with van der Waals surface area (Å²) in [5.41, 5.74) is 0.942. The highest BCUT2D eigenvalue weighted by Gasteiger charge is 2.44. The summed E-state index contributed by atoms with van der Waals surface area (Å²) in [5.74, 6) is -0.419. The molecule has 9 nitrogen and oxygen atoms in total. The van der Waals surface area contributed by atoms with Gasteiger partial charge in [0.05, 0.1) is 6.61 Å². The Morgan fingerprint density at radius 2 is 1.62 bits per heavy atom. The van der Waals surface area contributed by atoms with Gasteiger partial charge in [-0.05, 0) is 35.9 Å². The molecule has 1 heterocycles. The van der Waals surface area contributed by atoms with Crippen molar-refractivity contribution in [2.45, 2.75) is 30.7 Å². The minimum Gasteiger partial charge on any atom is -0.508 e. The van der Waals surface area contributed by atoms with E-state index in [0.717, 1.165) is 0 Å². The van der Waals surface area contributed by atoms with Crippen LogP contribution >= 0.6 is 0 Å². The number of ether oxygens (including phenoxy) is 2. The second kappa shape index (κ2) is 8.68. The maximum Gasteiger partial charge on any atom is 0.229 e. The third-order valence-electron chi connectivity index (χ3n) is 4.54. The van der Waals surface area contributed by atoms with Crippen LogP contribution in [0, 0.1) is 0 Å². The lowest BCUT2D eigenvalue weighted by atomic mass is 9.99. The second-order valence-electron chi connectivity index (χ2n) is 6.62. The fraction of sp³-hybridized carbons (Fsp3) is 0.300. The molecule has 0 radical (unpaired) electrons. The number of hydrogen-bond acceptors (Lipinski definition) is 9. The summed E-state index contributed by atoms with van der Waals surface area (Å²) in [6.07, 6.45) is -4.00. The summed E-state index contributed by atoms with van der Waals surface area (Å²) < 4.78 is 11.0. The molecule has 2 aromatic carbocycles. The van der Waals surface area contributed by atoms with E-state index in [0.29, 0.717) is 11.1 Å². The van der Waals surface area contributed by atoms with Gasteiger partial charge in [0.1, 0.15) is 35.9 Å². The van der Waals surface area contributed by atoms with E-state index < -0.39 is 37.3 Å². The Hall–Kier alpha value is -2.82. The van der Waals surface area contributed by atoms with Crippen molar-refractivity contribution in [3.05, 3.63) is 47.5 Å². The van der Waals surface area contributed by atoms with Gasteiger partial charge < -0.3 is 45.2 Å². The molecule has 7 N–H and O–H groups in total. The number of phenols is 3. The van der Waals surface area contributed by atoms with Gasteiger partial charge in [-0.15, -0.1) is 0 Å². The molecule has 2 aromatic rings. The monoisotopic (exact) mass is 406 g/mol. The van der Waals surface area contributed by atoms with Gasteiger partial charge in [-0.25, -0.2) is 0 Å². The van der Waals surface area contributed by atoms with Crippen LogP contribution in [0.25, 0.3) is 12.2 Å². The van der Waals surface area contributed by atoms with Crippen molar-refractivity contribution < 1.29 is 45.2 Å². The Labute approximate surface area is 165 Å². The molecule has 0 aliphatic carbocycles. The molecule has 0 spiro atoms. The number of aromatic hydroxyl groups is 3. The van der Waals surface area contributed by atoms with Crippen molar-refractivity contribution in [1.29, 1.82) is 0 Å². The zero-order valence-corrected chi connectivity index (χ0v) is 15.2. The van der Waals surface area contributed by atoms with Crippen molar-refractivity contribution in [1.82, 2.24) is 0 Å². The molecule has 9 heteroatoms. The van der Waals surface area contributed by atoms with Crippen LogP contribution < -0.4 is 4.74 Å². The number of aliphatic hydroxyl groups excluding tert-OH is 4. The van der Waals surface area contributed by atoms with Crippen molar-refractivity contribution >= 4 is 12.2 Å². The lowest BCUT2D eigenvalue weighted by Crippen LogP contribution is -2.60. The van der Waals surface area contributed by atoms with Gasteiger partial charge >= 0.3 is 0 Å². The molecule has 156 valence electrons. The Bertz CT molecular complexity index is 880. The van der Waals surface area contributed by atoms with E-state index in [2.05, 4.69) is 0 Å². The van der Waals surface area contributed by atoms with Crippen LogP contribution in [0.15, 0.2) is 36.4 Å². The van der Waals surface area contributed by atoms with Crippen LogP contribution in [0.1, 0.15) is 11.1 Å². The Balaban J connectivity index is 1.85. The van der Waals surface area contributed by atoms with Crippen LogP contribution in [-0.2, 0) is 4.74 Å². The van der Waals surface area contributed by atoms with Crippen molar-refractivity contribution in [2.24, 2.45) is 0 Å². The number of rotatable bonds is 5.